The quantitative estimate of drug-likeness (QED) is 0.536. The predicted molar refractivity (Wildman–Crippen MR) is 114 cm³/mol. The maximum Gasteiger partial charge on any atom is 0.465 e. The maximum atomic E-state index is 13.9. The molecule has 0 radical (unpaired) electrons. The van der Waals surface area contributed by atoms with Crippen LogP contribution in [-0.4, -0.2) is 47.9 Å². The van der Waals surface area contributed by atoms with Gasteiger partial charge in [0.15, 0.2) is 0 Å². The second-order valence-electron chi connectivity index (χ2n) is 7.38. The van der Waals surface area contributed by atoms with Crippen LogP contribution >= 0.6 is 0 Å². The Morgan fingerprint density at radius 1 is 1.21 bits per heavy atom. The van der Waals surface area contributed by atoms with Crippen LogP contribution in [0.3, 0.4) is 0 Å². The average molecular weight is 461 g/mol. The van der Waals surface area contributed by atoms with Gasteiger partial charge in [-0.05, 0) is 41.8 Å². The number of carbonyl (C=O) groups is 1. The van der Waals surface area contributed by atoms with E-state index in [1.54, 1.807) is 24.3 Å². The molecule has 1 amide bonds. The van der Waals surface area contributed by atoms with Crippen molar-refractivity contribution in [1.29, 1.82) is 0 Å². The van der Waals surface area contributed by atoms with Crippen LogP contribution in [0.2, 0.25) is 0 Å². The number of rotatable bonds is 7. The fourth-order valence-electron chi connectivity index (χ4n) is 3.54. The summed E-state index contributed by atoms with van der Waals surface area (Å²) in [6.07, 6.45) is -0.900. The number of amides is 1. The van der Waals surface area contributed by atoms with Crippen molar-refractivity contribution in [3.05, 3.63) is 72.1 Å². The summed E-state index contributed by atoms with van der Waals surface area (Å²) >= 11 is 0. The normalized spacial score (nSPS) is 16.3. The number of methoxy groups -OCH3 is 1. The smallest absolute Gasteiger partial charge is 0.377 e. The second kappa shape index (κ2) is 9.34. The largest absolute Gasteiger partial charge is 0.465 e. The lowest BCUT2D eigenvalue weighted by Crippen LogP contribution is -2.62. The number of hydrogen-bond donors (Lipinski definition) is 1. The molecule has 0 saturated heterocycles. The van der Waals surface area contributed by atoms with E-state index in [1.165, 1.54) is 23.0 Å². The molecule has 1 N–H and O–H groups in total. The molecule has 0 spiro atoms. The highest BCUT2D eigenvalue weighted by atomic mass is 19.4. The second-order valence-corrected chi connectivity index (χ2v) is 7.38. The molecular formula is C23H22F3N3O4. The number of fused-ring (bicyclic) bond motifs is 1. The summed E-state index contributed by atoms with van der Waals surface area (Å²) in [4.78, 5) is 16.7. The Kier molecular flexibility index (Phi) is 6.50. The van der Waals surface area contributed by atoms with E-state index in [2.05, 4.69) is 9.72 Å². The molecular weight excluding hydrogens is 439 g/mol. The van der Waals surface area contributed by atoms with Gasteiger partial charge in [-0.15, -0.1) is 0 Å². The molecule has 1 atom stereocenters. The van der Waals surface area contributed by atoms with Crippen molar-refractivity contribution in [2.75, 3.05) is 20.3 Å². The first-order chi connectivity index (χ1) is 15.8. The molecule has 0 saturated carbocycles. The van der Waals surface area contributed by atoms with Crippen LogP contribution in [0.1, 0.15) is 22.3 Å². The number of imidazole rings is 1. The lowest BCUT2D eigenvalue weighted by Gasteiger charge is -2.34. The monoisotopic (exact) mass is 461 g/mol. The van der Waals surface area contributed by atoms with Crippen LogP contribution in [0, 0.1) is 0 Å². The fourth-order valence-corrected chi connectivity index (χ4v) is 3.54. The standard InChI is InChI=1S/C23H22F3N3O4/c1-31-23(22(24,25)26,28-21(30)17-5-3-2-4-6-17)33-15-29-14-27-19-13-18(7-8-20(19)29)16-9-11-32-12-10-16/h2-9,13-14H,10-12,15H2,1H3,(H,28,30). The zero-order chi connectivity index (χ0) is 23.5. The minimum Gasteiger partial charge on any atom is -0.377 e. The van der Waals surface area contributed by atoms with E-state index in [0.717, 1.165) is 24.7 Å². The minimum absolute atomic E-state index is 0.0369. The molecule has 1 unspecified atom stereocenters. The van der Waals surface area contributed by atoms with Gasteiger partial charge >= 0.3 is 12.1 Å². The number of ether oxygens (including phenoxy) is 3. The number of benzene rings is 2. The number of hydrogen-bond acceptors (Lipinski definition) is 5. The van der Waals surface area contributed by atoms with Crippen LogP contribution in [0.5, 0.6) is 0 Å². The van der Waals surface area contributed by atoms with Crippen LogP contribution in [-0.2, 0) is 20.9 Å². The molecule has 10 heteroatoms. The van der Waals surface area contributed by atoms with Crippen molar-refractivity contribution in [1.82, 2.24) is 14.9 Å². The van der Waals surface area contributed by atoms with Gasteiger partial charge in [-0.1, -0.05) is 30.3 Å². The Balaban J connectivity index is 1.56. The number of nitrogens with one attached hydrogen (secondary N) is 1. The third kappa shape index (κ3) is 4.77. The molecule has 2 heterocycles. The van der Waals surface area contributed by atoms with Crippen LogP contribution < -0.4 is 5.32 Å². The highest BCUT2D eigenvalue weighted by molar-refractivity contribution is 5.94. The maximum absolute atomic E-state index is 13.9. The van der Waals surface area contributed by atoms with Crippen molar-refractivity contribution in [3.63, 3.8) is 0 Å². The van der Waals surface area contributed by atoms with Gasteiger partial charge in [0, 0.05) is 12.7 Å². The Morgan fingerprint density at radius 2 is 2.00 bits per heavy atom. The molecule has 7 nitrogen and oxygen atoms in total. The number of aromatic nitrogens is 2. The average Bonchev–Trinajstić information content (AvgIpc) is 3.24. The first-order valence-electron chi connectivity index (χ1n) is 10.2. The highest BCUT2D eigenvalue weighted by Gasteiger charge is 2.59. The van der Waals surface area contributed by atoms with Gasteiger partial charge in [0.2, 0.25) is 0 Å². The molecule has 3 aromatic rings. The topological polar surface area (TPSA) is 74.6 Å². The Morgan fingerprint density at radius 3 is 2.67 bits per heavy atom. The lowest BCUT2D eigenvalue weighted by atomic mass is 10.0. The summed E-state index contributed by atoms with van der Waals surface area (Å²) in [6, 6.07) is 13.0. The van der Waals surface area contributed by atoms with E-state index in [-0.39, 0.29) is 5.56 Å². The van der Waals surface area contributed by atoms with Crippen LogP contribution in [0.4, 0.5) is 13.2 Å². The molecule has 2 aromatic carbocycles. The molecule has 4 rings (SSSR count). The molecule has 33 heavy (non-hydrogen) atoms. The van der Waals surface area contributed by atoms with E-state index in [0.29, 0.717) is 24.2 Å². The Hall–Kier alpha value is -3.21. The van der Waals surface area contributed by atoms with Gasteiger partial charge in [0.05, 0.1) is 30.6 Å². The minimum atomic E-state index is -5.05. The first kappa shape index (κ1) is 23.0. The first-order valence-corrected chi connectivity index (χ1v) is 10.2. The Labute approximate surface area is 187 Å². The van der Waals surface area contributed by atoms with Crippen LogP contribution in [0.25, 0.3) is 16.6 Å². The SMILES string of the molecule is COC(NC(=O)c1ccccc1)(OCn1cnc2cc(C3=CCOCC3)ccc21)C(F)(F)F. The molecule has 0 aliphatic carbocycles. The van der Waals surface area contributed by atoms with Crippen LogP contribution in [0.15, 0.2) is 60.9 Å². The zero-order valence-electron chi connectivity index (χ0n) is 17.8. The van der Waals surface area contributed by atoms with Gasteiger partial charge in [0.1, 0.15) is 6.73 Å². The molecule has 0 bridgehead atoms. The van der Waals surface area contributed by atoms with Gasteiger partial charge in [-0.2, -0.15) is 13.2 Å². The van der Waals surface area contributed by atoms with Crippen molar-refractivity contribution in [3.8, 4) is 0 Å². The van der Waals surface area contributed by atoms with Gasteiger partial charge in [-0.25, -0.2) is 4.98 Å². The fraction of sp³-hybridized carbons (Fsp3) is 0.304. The third-order valence-corrected chi connectivity index (χ3v) is 5.34. The predicted octanol–water partition coefficient (Wildman–Crippen LogP) is 4.11. The van der Waals surface area contributed by atoms with Crippen molar-refractivity contribution >= 4 is 22.5 Å². The van der Waals surface area contributed by atoms with E-state index < -0.39 is 24.7 Å². The number of halogens is 3. The molecule has 1 aliphatic heterocycles. The number of alkyl halides is 3. The van der Waals surface area contributed by atoms with E-state index in [1.807, 2.05) is 23.5 Å². The van der Waals surface area contributed by atoms with Crippen molar-refractivity contribution < 1.29 is 32.2 Å². The third-order valence-electron chi connectivity index (χ3n) is 5.34. The van der Waals surface area contributed by atoms with Crippen molar-refractivity contribution in [2.45, 2.75) is 25.2 Å². The highest BCUT2D eigenvalue weighted by Crippen LogP contribution is 2.33. The number of nitrogens with zero attached hydrogens (tertiary/aromatic N) is 2. The van der Waals surface area contributed by atoms with Gasteiger partial charge < -0.3 is 18.8 Å². The van der Waals surface area contributed by atoms with E-state index in [4.69, 9.17) is 9.47 Å². The number of carbonyl (C=O) groups excluding carboxylic acids is 1. The Bertz CT molecular complexity index is 1160. The summed E-state index contributed by atoms with van der Waals surface area (Å²) in [5.41, 5.74) is 3.33. The summed E-state index contributed by atoms with van der Waals surface area (Å²) in [5, 5.41) is 1.84. The van der Waals surface area contributed by atoms with E-state index in [9.17, 15) is 18.0 Å². The lowest BCUT2D eigenvalue weighted by molar-refractivity contribution is -0.390. The summed E-state index contributed by atoms with van der Waals surface area (Å²) in [5.74, 6) is -4.33. The van der Waals surface area contributed by atoms with Gasteiger partial charge in [-0.3, -0.25) is 10.1 Å². The molecule has 174 valence electrons. The summed E-state index contributed by atoms with van der Waals surface area (Å²) in [6.45, 7) is 0.618. The zero-order valence-corrected chi connectivity index (χ0v) is 17.8. The molecule has 1 aliphatic rings. The summed E-state index contributed by atoms with van der Waals surface area (Å²) in [7, 11) is 0.818. The van der Waals surface area contributed by atoms with Crippen molar-refractivity contribution in [2.24, 2.45) is 0 Å². The molecule has 0 fully saturated rings. The van der Waals surface area contributed by atoms with E-state index >= 15 is 0 Å². The van der Waals surface area contributed by atoms with Gasteiger partial charge in [0.25, 0.3) is 5.91 Å². The summed E-state index contributed by atoms with van der Waals surface area (Å²) < 4.78 is 58.4. The molecule has 1 aromatic heterocycles.